The molecule has 0 fully saturated rings. The highest BCUT2D eigenvalue weighted by atomic mass is 19.1. The van der Waals surface area contributed by atoms with Crippen LogP contribution in [0.4, 0.5) is 8.78 Å². The van der Waals surface area contributed by atoms with Gasteiger partial charge < -0.3 is 9.47 Å². The Morgan fingerprint density at radius 1 is 1.38 bits per heavy atom. The maximum Gasteiger partial charge on any atom is 0.329 e. The summed E-state index contributed by atoms with van der Waals surface area (Å²) in [7, 11) is 0. The minimum Gasteiger partial charge on any atom is -0.488 e. The number of nitrogens with one attached hydrogen (secondary N) is 1. The Kier molecular flexibility index (Phi) is 6.08. The van der Waals surface area contributed by atoms with Gasteiger partial charge in [0.15, 0.2) is 11.6 Å². The zero-order chi connectivity index (χ0) is 16.0. The Labute approximate surface area is 123 Å². The van der Waals surface area contributed by atoms with E-state index < -0.39 is 23.1 Å². The molecular weight excluding hydrogens is 280 g/mol. The van der Waals surface area contributed by atoms with Gasteiger partial charge in [-0.25, -0.2) is 13.6 Å². The van der Waals surface area contributed by atoms with Crippen LogP contribution >= 0.6 is 0 Å². The first-order valence-electron chi connectivity index (χ1n) is 6.81. The number of hydrogen-bond acceptors (Lipinski definition) is 4. The van der Waals surface area contributed by atoms with Crippen molar-refractivity contribution in [3.63, 3.8) is 0 Å². The van der Waals surface area contributed by atoms with E-state index in [9.17, 15) is 13.6 Å². The predicted molar refractivity (Wildman–Crippen MR) is 75.2 cm³/mol. The third kappa shape index (κ3) is 4.97. The molecule has 1 aromatic rings. The molecule has 0 amide bonds. The van der Waals surface area contributed by atoms with Crippen LogP contribution in [0.15, 0.2) is 18.2 Å². The smallest absolute Gasteiger partial charge is 0.329 e. The first-order valence-corrected chi connectivity index (χ1v) is 6.81. The van der Waals surface area contributed by atoms with Crippen molar-refractivity contribution in [2.45, 2.75) is 39.3 Å². The molecule has 1 atom stereocenters. The summed E-state index contributed by atoms with van der Waals surface area (Å²) < 4.78 is 36.7. The standard InChI is InChI=1S/C15H21F2NO3/c1-5-20-14(19)15(4,18-10(2)3)9-21-13-7-6-11(16)8-12(13)17/h6-8,10,18H,5,9H2,1-4H3. The molecular formula is C15H21F2NO3. The van der Waals surface area contributed by atoms with E-state index in [0.29, 0.717) is 0 Å². The number of rotatable bonds is 7. The van der Waals surface area contributed by atoms with E-state index in [4.69, 9.17) is 9.47 Å². The van der Waals surface area contributed by atoms with Crippen LogP contribution in [0.2, 0.25) is 0 Å². The van der Waals surface area contributed by atoms with Gasteiger partial charge in [0.05, 0.1) is 6.61 Å². The molecule has 0 radical (unpaired) electrons. The minimum absolute atomic E-state index is 0.000992. The molecule has 0 aromatic heterocycles. The number of benzene rings is 1. The van der Waals surface area contributed by atoms with Gasteiger partial charge in [0.25, 0.3) is 0 Å². The molecule has 1 unspecified atom stereocenters. The molecule has 0 heterocycles. The topological polar surface area (TPSA) is 47.6 Å². The molecule has 1 aromatic carbocycles. The molecule has 118 valence electrons. The number of esters is 1. The predicted octanol–water partition coefficient (Wildman–Crippen LogP) is 2.66. The van der Waals surface area contributed by atoms with E-state index in [2.05, 4.69) is 5.32 Å². The summed E-state index contributed by atoms with van der Waals surface area (Å²) in [6.45, 7) is 7.16. The Morgan fingerprint density at radius 3 is 2.57 bits per heavy atom. The summed E-state index contributed by atoms with van der Waals surface area (Å²) in [6.07, 6.45) is 0. The summed E-state index contributed by atoms with van der Waals surface area (Å²) in [6, 6.07) is 3.01. The zero-order valence-corrected chi connectivity index (χ0v) is 12.7. The fourth-order valence-electron chi connectivity index (χ4n) is 1.90. The van der Waals surface area contributed by atoms with Gasteiger partial charge in [0.1, 0.15) is 18.0 Å². The van der Waals surface area contributed by atoms with Crippen LogP contribution < -0.4 is 10.1 Å². The van der Waals surface area contributed by atoms with Gasteiger partial charge in [-0.1, -0.05) is 0 Å². The SMILES string of the molecule is CCOC(=O)C(C)(COc1ccc(F)cc1F)NC(C)C. The van der Waals surface area contributed by atoms with Crippen molar-refractivity contribution in [1.29, 1.82) is 0 Å². The molecule has 0 bridgehead atoms. The van der Waals surface area contributed by atoms with Crippen molar-refractivity contribution in [2.24, 2.45) is 0 Å². The quantitative estimate of drug-likeness (QED) is 0.787. The fourth-order valence-corrected chi connectivity index (χ4v) is 1.90. The first kappa shape index (κ1) is 17.4. The largest absolute Gasteiger partial charge is 0.488 e. The van der Waals surface area contributed by atoms with Crippen LogP contribution in [0.25, 0.3) is 0 Å². The van der Waals surface area contributed by atoms with E-state index in [1.54, 1.807) is 13.8 Å². The normalized spacial score (nSPS) is 13.9. The molecule has 1 N–H and O–H groups in total. The lowest BCUT2D eigenvalue weighted by Crippen LogP contribution is -2.57. The van der Waals surface area contributed by atoms with Crippen LogP contribution in [-0.2, 0) is 9.53 Å². The van der Waals surface area contributed by atoms with Crippen LogP contribution in [0, 0.1) is 11.6 Å². The van der Waals surface area contributed by atoms with Crippen LogP contribution in [0.3, 0.4) is 0 Å². The number of halogens is 2. The van der Waals surface area contributed by atoms with Crippen molar-refractivity contribution in [3.8, 4) is 5.75 Å². The second-order valence-electron chi connectivity index (χ2n) is 5.22. The molecule has 0 aliphatic heterocycles. The molecule has 1 rings (SSSR count). The first-order chi connectivity index (χ1) is 9.78. The summed E-state index contributed by atoms with van der Waals surface area (Å²) in [5, 5.41) is 3.05. The molecule has 21 heavy (non-hydrogen) atoms. The average Bonchev–Trinajstić information content (AvgIpc) is 2.37. The van der Waals surface area contributed by atoms with Gasteiger partial charge in [-0.2, -0.15) is 0 Å². The summed E-state index contributed by atoms with van der Waals surface area (Å²) in [5.41, 5.74) is -1.12. The van der Waals surface area contributed by atoms with Gasteiger partial charge in [-0.15, -0.1) is 0 Å². The number of hydrogen-bond donors (Lipinski definition) is 1. The lowest BCUT2D eigenvalue weighted by atomic mass is 10.0. The summed E-state index contributed by atoms with van der Waals surface area (Å²) in [5.74, 6) is -2.10. The Morgan fingerprint density at radius 2 is 2.05 bits per heavy atom. The Bertz CT molecular complexity index is 494. The van der Waals surface area contributed by atoms with E-state index in [-0.39, 0.29) is 25.0 Å². The highest BCUT2D eigenvalue weighted by Crippen LogP contribution is 2.20. The zero-order valence-electron chi connectivity index (χ0n) is 12.7. The lowest BCUT2D eigenvalue weighted by Gasteiger charge is -2.30. The molecule has 0 spiro atoms. The van der Waals surface area contributed by atoms with Gasteiger partial charge in [0.2, 0.25) is 0 Å². The van der Waals surface area contributed by atoms with Gasteiger partial charge in [0, 0.05) is 12.1 Å². The second-order valence-corrected chi connectivity index (χ2v) is 5.22. The number of carbonyl (C=O) groups excluding carboxylic acids is 1. The van der Waals surface area contributed by atoms with Gasteiger partial charge in [-0.3, -0.25) is 5.32 Å². The summed E-state index contributed by atoms with van der Waals surface area (Å²) >= 11 is 0. The van der Waals surface area contributed by atoms with Gasteiger partial charge in [-0.05, 0) is 39.8 Å². The number of ether oxygens (including phenoxy) is 2. The van der Waals surface area contributed by atoms with Crippen molar-refractivity contribution in [1.82, 2.24) is 5.32 Å². The third-order valence-corrected chi connectivity index (χ3v) is 2.74. The minimum atomic E-state index is -1.12. The monoisotopic (exact) mass is 301 g/mol. The van der Waals surface area contributed by atoms with Crippen molar-refractivity contribution >= 4 is 5.97 Å². The molecule has 4 nitrogen and oxygen atoms in total. The Hall–Kier alpha value is -1.69. The van der Waals surface area contributed by atoms with Crippen molar-refractivity contribution < 1.29 is 23.0 Å². The molecule has 0 aliphatic rings. The third-order valence-electron chi connectivity index (χ3n) is 2.74. The van der Waals surface area contributed by atoms with E-state index >= 15 is 0 Å². The molecule has 0 saturated heterocycles. The van der Waals surface area contributed by atoms with E-state index in [0.717, 1.165) is 12.1 Å². The van der Waals surface area contributed by atoms with Gasteiger partial charge >= 0.3 is 5.97 Å². The molecule has 0 aliphatic carbocycles. The molecule has 6 heteroatoms. The van der Waals surface area contributed by atoms with Crippen LogP contribution in [0.1, 0.15) is 27.7 Å². The maximum atomic E-state index is 13.5. The van der Waals surface area contributed by atoms with E-state index in [1.807, 2.05) is 13.8 Å². The molecule has 0 saturated carbocycles. The van der Waals surface area contributed by atoms with Crippen molar-refractivity contribution in [3.05, 3.63) is 29.8 Å². The lowest BCUT2D eigenvalue weighted by molar-refractivity contribution is -0.152. The highest BCUT2D eigenvalue weighted by molar-refractivity contribution is 5.80. The maximum absolute atomic E-state index is 13.5. The highest BCUT2D eigenvalue weighted by Gasteiger charge is 2.36. The second kappa shape index (κ2) is 7.36. The van der Waals surface area contributed by atoms with Crippen LogP contribution in [-0.4, -0.2) is 30.8 Å². The average molecular weight is 301 g/mol. The van der Waals surface area contributed by atoms with E-state index in [1.165, 1.54) is 6.07 Å². The fraction of sp³-hybridized carbons (Fsp3) is 0.533. The number of carbonyl (C=O) groups is 1. The summed E-state index contributed by atoms with van der Waals surface area (Å²) in [4.78, 5) is 12.0. The Balaban J connectivity index is 2.83. The van der Waals surface area contributed by atoms with Crippen molar-refractivity contribution in [2.75, 3.05) is 13.2 Å². The van der Waals surface area contributed by atoms with Crippen LogP contribution in [0.5, 0.6) is 5.75 Å².